The Labute approximate surface area is 198 Å². The van der Waals surface area contributed by atoms with E-state index in [1.807, 2.05) is 24.3 Å². The van der Waals surface area contributed by atoms with E-state index < -0.39 is 10.0 Å². The fourth-order valence-electron chi connectivity index (χ4n) is 3.97. The normalized spacial score (nSPS) is 15.4. The number of hydrogen-bond donors (Lipinski definition) is 2. The van der Waals surface area contributed by atoms with Gasteiger partial charge in [-0.1, -0.05) is 29.8 Å². The van der Waals surface area contributed by atoms with Crippen LogP contribution in [-0.2, 0) is 16.6 Å². The Hall–Kier alpha value is -2.65. The number of benzene rings is 2. The summed E-state index contributed by atoms with van der Waals surface area (Å²) in [6.07, 6.45) is 3.73. The van der Waals surface area contributed by atoms with Crippen molar-refractivity contribution in [1.29, 1.82) is 0 Å². The highest BCUT2D eigenvalue weighted by atomic mass is 35.5. The minimum atomic E-state index is -3.72. The molecule has 1 amide bonds. The third-order valence-corrected chi connectivity index (χ3v) is 7.51. The third-order valence-electron chi connectivity index (χ3n) is 5.74. The molecule has 1 aromatic heterocycles. The summed E-state index contributed by atoms with van der Waals surface area (Å²) in [6.45, 7) is 2.39. The van der Waals surface area contributed by atoms with Crippen LogP contribution in [0.1, 0.15) is 40.6 Å². The molecule has 3 aromatic rings. The average Bonchev–Trinajstić information content (AvgIpc) is 3.54. The lowest BCUT2D eigenvalue weighted by molar-refractivity contribution is 0.0938. The van der Waals surface area contributed by atoms with Crippen LogP contribution in [0.25, 0.3) is 0 Å². The molecule has 33 heavy (non-hydrogen) atoms. The molecule has 2 aromatic carbocycles. The summed E-state index contributed by atoms with van der Waals surface area (Å²) < 4.78 is 32.6. The molecule has 1 aliphatic rings. The van der Waals surface area contributed by atoms with E-state index in [4.69, 9.17) is 16.0 Å². The number of amides is 1. The summed E-state index contributed by atoms with van der Waals surface area (Å²) in [6, 6.07) is 16.9. The molecule has 4 rings (SSSR count). The first kappa shape index (κ1) is 23.5. The second-order valence-corrected chi connectivity index (χ2v) is 10.1. The van der Waals surface area contributed by atoms with Gasteiger partial charge in [0.2, 0.25) is 10.0 Å². The quantitative estimate of drug-likeness (QED) is 0.476. The van der Waals surface area contributed by atoms with Gasteiger partial charge in [0.1, 0.15) is 5.76 Å². The van der Waals surface area contributed by atoms with Gasteiger partial charge in [0.25, 0.3) is 5.91 Å². The van der Waals surface area contributed by atoms with Crippen LogP contribution in [0.15, 0.2) is 76.2 Å². The topological polar surface area (TPSA) is 91.7 Å². The van der Waals surface area contributed by atoms with Crippen molar-refractivity contribution in [3.05, 3.63) is 88.8 Å². The standard InChI is InChI=1S/C24H26ClN3O4S/c25-22-8-2-1-7-21(22)23(28-13-3-4-14-28)17-26-24(29)18-9-11-20(12-10-18)33(30,31)27-16-19-6-5-15-32-19/h1-2,5-12,15,23,27H,3-4,13-14,16-17H2,(H,26,29). The van der Waals surface area contributed by atoms with Gasteiger partial charge in [-0.05, 0) is 74.0 Å². The van der Waals surface area contributed by atoms with E-state index in [0.717, 1.165) is 31.5 Å². The molecule has 0 aliphatic carbocycles. The van der Waals surface area contributed by atoms with Gasteiger partial charge in [-0.3, -0.25) is 9.69 Å². The Morgan fingerprint density at radius 3 is 2.42 bits per heavy atom. The Kier molecular flexibility index (Phi) is 7.49. The minimum Gasteiger partial charge on any atom is -0.468 e. The van der Waals surface area contributed by atoms with E-state index in [0.29, 0.717) is 22.9 Å². The first-order chi connectivity index (χ1) is 15.9. The number of rotatable bonds is 9. The molecule has 174 valence electrons. The predicted molar refractivity (Wildman–Crippen MR) is 127 cm³/mol. The maximum Gasteiger partial charge on any atom is 0.251 e. The van der Waals surface area contributed by atoms with Crippen LogP contribution in [0.5, 0.6) is 0 Å². The van der Waals surface area contributed by atoms with Gasteiger partial charge in [0, 0.05) is 17.1 Å². The molecule has 0 bridgehead atoms. The van der Waals surface area contributed by atoms with Crippen molar-refractivity contribution >= 4 is 27.5 Å². The van der Waals surface area contributed by atoms with E-state index in [-0.39, 0.29) is 23.4 Å². The molecule has 1 atom stereocenters. The highest BCUT2D eigenvalue weighted by molar-refractivity contribution is 7.89. The smallest absolute Gasteiger partial charge is 0.251 e. The van der Waals surface area contributed by atoms with Crippen LogP contribution in [0.4, 0.5) is 0 Å². The molecule has 1 unspecified atom stereocenters. The van der Waals surface area contributed by atoms with E-state index in [1.165, 1.54) is 30.5 Å². The molecular formula is C24H26ClN3O4S. The second kappa shape index (κ2) is 10.5. The maximum absolute atomic E-state index is 12.8. The zero-order valence-corrected chi connectivity index (χ0v) is 19.6. The van der Waals surface area contributed by atoms with Crippen molar-refractivity contribution in [2.24, 2.45) is 0 Å². The first-order valence-electron chi connectivity index (χ1n) is 10.8. The van der Waals surface area contributed by atoms with Crippen LogP contribution in [-0.4, -0.2) is 38.9 Å². The Morgan fingerprint density at radius 2 is 1.76 bits per heavy atom. The second-order valence-electron chi connectivity index (χ2n) is 7.92. The summed E-state index contributed by atoms with van der Waals surface area (Å²) in [4.78, 5) is 15.2. The number of nitrogens with zero attached hydrogens (tertiary/aromatic N) is 1. The van der Waals surface area contributed by atoms with Gasteiger partial charge in [-0.2, -0.15) is 0 Å². The molecule has 7 nitrogen and oxygen atoms in total. The fourth-order valence-corrected chi connectivity index (χ4v) is 5.23. The molecular weight excluding hydrogens is 462 g/mol. The number of nitrogens with one attached hydrogen (secondary N) is 2. The van der Waals surface area contributed by atoms with E-state index >= 15 is 0 Å². The molecule has 2 N–H and O–H groups in total. The molecule has 1 aliphatic heterocycles. The molecule has 1 saturated heterocycles. The molecule has 9 heteroatoms. The SMILES string of the molecule is O=C(NCC(c1ccccc1Cl)N1CCCC1)c1ccc(S(=O)(=O)NCc2ccco2)cc1. The number of carbonyl (C=O) groups is 1. The molecule has 0 spiro atoms. The van der Waals surface area contributed by atoms with Crippen molar-refractivity contribution in [1.82, 2.24) is 14.9 Å². The van der Waals surface area contributed by atoms with Crippen LogP contribution in [0, 0.1) is 0 Å². The summed E-state index contributed by atoms with van der Waals surface area (Å²) in [5.41, 5.74) is 1.38. The third kappa shape index (κ3) is 5.83. The number of likely N-dealkylation sites (tertiary alicyclic amines) is 1. The number of sulfonamides is 1. The Morgan fingerprint density at radius 1 is 1.03 bits per heavy atom. The van der Waals surface area contributed by atoms with Crippen LogP contribution in [0.2, 0.25) is 5.02 Å². The maximum atomic E-state index is 12.8. The van der Waals surface area contributed by atoms with Crippen molar-refractivity contribution in [2.45, 2.75) is 30.3 Å². The number of hydrogen-bond acceptors (Lipinski definition) is 5. The summed E-state index contributed by atoms with van der Waals surface area (Å²) >= 11 is 6.44. The monoisotopic (exact) mass is 487 g/mol. The Bertz CT molecular complexity index is 1170. The average molecular weight is 488 g/mol. The van der Waals surface area contributed by atoms with E-state index in [2.05, 4.69) is 14.9 Å². The van der Waals surface area contributed by atoms with Crippen LogP contribution in [0.3, 0.4) is 0 Å². The number of halogens is 1. The summed E-state index contributed by atoms with van der Waals surface area (Å²) in [5, 5.41) is 3.67. The predicted octanol–water partition coefficient (Wildman–Crippen LogP) is 3.98. The fraction of sp³-hybridized carbons (Fsp3) is 0.292. The Balaban J connectivity index is 1.40. The van der Waals surface area contributed by atoms with Crippen molar-refractivity contribution in [3.63, 3.8) is 0 Å². The lowest BCUT2D eigenvalue weighted by Crippen LogP contribution is -2.37. The largest absolute Gasteiger partial charge is 0.468 e. The minimum absolute atomic E-state index is 0.0180. The molecule has 1 fully saturated rings. The highest BCUT2D eigenvalue weighted by Gasteiger charge is 2.25. The molecule has 0 saturated carbocycles. The number of carbonyl (C=O) groups excluding carboxylic acids is 1. The van der Waals surface area contributed by atoms with E-state index in [1.54, 1.807) is 12.1 Å². The van der Waals surface area contributed by atoms with Gasteiger partial charge in [-0.15, -0.1) is 0 Å². The van der Waals surface area contributed by atoms with Gasteiger partial charge >= 0.3 is 0 Å². The zero-order chi connectivity index (χ0) is 23.3. The van der Waals surface area contributed by atoms with Gasteiger partial charge in [-0.25, -0.2) is 13.1 Å². The van der Waals surface area contributed by atoms with Crippen molar-refractivity contribution in [2.75, 3.05) is 19.6 Å². The van der Waals surface area contributed by atoms with Gasteiger partial charge < -0.3 is 9.73 Å². The van der Waals surface area contributed by atoms with Crippen LogP contribution >= 0.6 is 11.6 Å². The lowest BCUT2D eigenvalue weighted by atomic mass is 10.0. The van der Waals surface area contributed by atoms with Crippen molar-refractivity contribution in [3.8, 4) is 0 Å². The van der Waals surface area contributed by atoms with Crippen molar-refractivity contribution < 1.29 is 17.6 Å². The highest BCUT2D eigenvalue weighted by Crippen LogP contribution is 2.29. The molecule has 2 heterocycles. The van der Waals surface area contributed by atoms with E-state index in [9.17, 15) is 13.2 Å². The number of furan rings is 1. The molecule has 0 radical (unpaired) electrons. The zero-order valence-electron chi connectivity index (χ0n) is 18.0. The summed E-state index contributed by atoms with van der Waals surface area (Å²) in [5.74, 6) is 0.249. The first-order valence-corrected chi connectivity index (χ1v) is 12.7. The lowest BCUT2D eigenvalue weighted by Gasteiger charge is -2.29. The summed E-state index contributed by atoms with van der Waals surface area (Å²) in [7, 11) is -3.72. The van der Waals surface area contributed by atoms with Crippen LogP contribution < -0.4 is 10.0 Å². The van der Waals surface area contributed by atoms with Gasteiger partial charge in [0.15, 0.2) is 0 Å². The van der Waals surface area contributed by atoms with Gasteiger partial charge in [0.05, 0.1) is 23.7 Å².